The Morgan fingerprint density at radius 2 is 1.95 bits per heavy atom. The average Bonchev–Trinajstić information content (AvgIpc) is 2.54. The van der Waals surface area contributed by atoms with Gasteiger partial charge in [-0.15, -0.1) is 0 Å². The van der Waals surface area contributed by atoms with Gasteiger partial charge in [0.1, 0.15) is 5.75 Å². The fourth-order valence-electron chi connectivity index (χ4n) is 2.61. The maximum absolute atomic E-state index is 12.4. The van der Waals surface area contributed by atoms with Crippen LogP contribution in [-0.4, -0.2) is 60.9 Å². The molecule has 0 aromatic heterocycles. The SMILES string of the molecule is COc1cccc(CC(=O)N2CCN(C(C)C(N)=O)CC2)c1. The Balaban J connectivity index is 1.88. The quantitative estimate of drug-likeness (QED) is 0.846. The summed E-state index contributed by atoms with van der Waals surface area (Å²) >= 11 is 0. The molecule has 6 heteroatoms. The predicted molar refractivity (Wildman–Crippen MR) is 83.5 cm³/mol. The van der Waals surface area contributed by atoms with Crippen LogP contribution in [0.15, 0.2) is 24.3 Å². The smallest absolute Gasteiger partial charge is 0.234 e. The van der Waals surface area contributed by atoms with Gasteiger partial charge in [0.25, 0.3) is 0 Å². The fraction of sp³-hybridized carbons (Fsp3) is 0.500. The van der Waals surface area contributed by atoms with Crippen LogP contribution >= 0.6 is 0 Å². The van der Waals surface area contributed by atoms with Crippen LogP contribution in [0.5, 0.6) is 5.75 Å². The van der Waals surface area contributed by atoms with Gasteiger partial charge in [-0.3, -0.25) is 14.5 Å². The molecule has 0 saturated carbocycles. The Morgan fingerprint density at radius 1 is 1.27 bits per heavy atom. The van der Waals surface area contributed by atoms with Crippen molar-refractivity contribution in [3.05, 3.63) is 29.8 Å². The summed E-state index contributed by atoms with van der Waals surface area (Å²) in [7, 11) is 1.61. The van der Waals surface area contributed by atoms with Crippen molar-refractivity contribution in [1.29, 1.82) is 0 Å². The summed E-state index contributed by atoms with van der Waals surface area (Å²) in [4.78, 5) is 27.4. The number of ether oxygens (including phenoxy) is 1. The zero-order chi connectivity index (χ0) is 16.1. The molecular weight excluding hydrogens is 282 g/mol. The number of carbonyl (C=O) groups is 2. The number of piperazine rings is 1. The normalized spacial score (nSPS) is 17.1. The maximum Gasteiger partial charge on any atom is 0.234 e. The minimum Gasteiger partial charge on any atom is -0.497 e. The lowest BCUT2D eigenvalue weighted by Crippen LogP contribution is -2.54. The highest BCUT2D eigenvalue weighted by Crippen LogP contribution is 2.14. The minimum atomic E-state index is -0.323. The molecule has 0 aliphatic carbocycles. The number of amides is 2. The zero-order valence-corrected chi connectivity index (χ0v) is 13.1. The van der Waals surface area contributed by atoms with E-state index < -0.39 is 0 Å². The second-order valence-corrected chi connectivity index (χ2v) is 5.52. The van der Waals surface area contributed by atoms with E-state index in [1.165, 1.54) is 0 Å². The van der Waals surface area contributed by atoms with Gasteiger partial charge >= 0.3 is 0 Å². The lowest BCUT2D eigenvalue weighted by molar-refractivity contribution is -0.133. The first-order valence-electron chi connectivity index (χ1n) is 7.45. The maximum atomic E-state index is 12.4. The van der Waals surface area contributed by atoms with Crippen molar-refractivity contribution in [2.45, 2.75) is 19.4 Å². The predicted octanol–water partition coefficient (Wildman–Crippen LogP) is 0.256. The molecule has 0 spiro atoms. The number of rotatable bonds is 5. The van der Waals surface area contributed by atoms with Crippen molar-refractivity contribution in [3.63, 3.8) is 0 Å². The molecule has 2 N–H and O–H groups in total. The number of primary amides is 1. The van der Waals surface area contributed by atoms with E-state index >= 15 is 0 Å². The number of nitrogens with two attached hydrogens (primary N) is 1. The number of benzene rings is 1. The van der Waals surface area contributed by atoms with Crippen LogP contribution in [0.3, 0.4) is 0 Å². The van der Waals surface area contributed by atoms with E-state index in [4.69, 9.17) is 10.5 Å². The third kappa shape index (κ3) is 3.98. The molecule has 1 heterocycles. The molecule has 1 fully saturated rings. The van der Waals surface area contributed by atoms with E-state index in [1.54, 1.807) is 14.0 Å². The fourth-order valence-corrected chi connectivity index (χ4v) is 2.61. The number of hydrogen-bond donors (Lipinski definition) is 1. The van der Waals surface area contributed by atoms with E-state index in [2.05, 4.69) is 0 Å². The summed E-state index contributed by atoms with van der Waals surface area (Å²) in [6.07, 6.45) is 0.364. The first-order valence-corrected chi connectivity index (χ1v) is 7.45. The molecule has 1 aromatic carbocycles. The monoisotopic (exact) mass is 305 g/mol. The van der Waals surface area contributed by atoms with Gasteiger partial charge in [0.05, 0.1) is 19.6 Å². The molecule has 2 rings (SSSR count). The summed E-state index contributed by atoms with van der Waals surface area (Å²) in [5.74, 6) is 0.529. The van der Waals surface area contributed by atoms with Gasteiger partial charge in [0.15, 0.2) is 0 Å². The molecule has 1 aromatic rings. The van der Waals surface area contributed by atoms with Crippen molar-refractivity contribution >= 4 is 11.8 Å². The van der Waals surface area contributed by atoms with Crippen LogP contribution in [0.2, 0.25) is 0 Å². The molecule has 0 bridgehead atoms. The lowest BCUT2D eigenvalue weighted by Gasteiger charge is -2.37. The minimum absolute atomic E-state index is 0.0969. The topological polar surface area (TPSA) is 75.9 Å². The Kier molecular flexibility index (Phi) is 5.38. The summed E-state index contributed by atoms with van der Waals surface area (Å²) in [6, 6.07) is 7.26. The number of methoxy groups -OCH3 is 1. The molecule has 1 aliphatic heterocycles. The summed E-state index contributed by atoms with van der Waals surface area (Å²) in [5.41, 5.74) is 6.26. The Labute approximate surface area is 130 Å². The molecule has 22 heavy (non-hydrogen) atoms. The van der Waals surface area contributed by atoms with Gasteiger partial charge < -0.3 is 15.4 Å². The van der Waals surface area contributed by atoms with Crippen molar-refractivity contribution in [3.8, 4) is 5.75 Å². The van der Waals surface area contributed by atoms with E-state index in [9.17, 15) is 9.59 Å². The average molecular weight is 305 g/mol. The van der Waals surface area contributed by atoms with Crippen molar-refractivity contribution < 1.29 is 14.3 Å². The molecule has 1 saturated heterocycles. The van der Waals surface area contributed by atoms with Gasteiger partial charge in [0.2, 0.25) is 11.8 Å². The van der Waals surface area contributed by atoms with E-state index in [0.717, 1.165) is 11.3 Å². The molecule has 120 valence electrons. The van der Waals surface area contributed by atoms with Crippen molar-refractivity contribution in [1.82, 2.24) is 9.80 Å². The number of carbonyl (C=O) groups excluding carboxylic acids is 2. The van der Waals surface area contributed by atoms with E-state index in [0.29, 0.717) is 32.6 Å². The lowest BCUT2D eigenvalue weighted by atomic mass is 10.1. The van der Waals surface area contributed by atoms with Gasteiger partial charge in [-0.2, -0.15) is 0 Å². The molecule has 2 amide bonds. The molecular formula is C16H23N3O3. The molecule has 1 unspecified atom stereocenters. The molecule has 0 radical (unpaired) electrons. The summed E-state index contributed by atoms with van der Waals surface area (Å²) < 4.78 is 5.17. The van der Waals surface area contributed by atoms with Crippen LogP contribution < -0.4 is 10.5 Å². The molecule has 6 nitrogen and oxygen atoms in total. The summed E-state index contributed by atoms with van der Waals surface area (Å²) in [6.45, 7) is 4.40. The number of hydrogen-bond acceptors (Lipinski definition) is 4. The highest BCUT2D eigenvalue weighted by Gasteiger charge is 2.26. The second-order valence-electron chi connectivity index (χ2n) is 5.52. The third-order valence-corrected chi connectivity index (χ3v) is 4.12. The summed E-state index contributed by atoms with van der Waals surface area (Å²) in [5, 5.41) is 0. The standard InChI is InChI=1S/C16H23N3O3/c1-12(16(17)21)18-6-8-19(9-7-18)15(20)11-13-4-3-5-14(10-13)22-2/h3-5,10,12H,6-9,11H2,1-2H3,(H2,17,21). The van der Waals surface area contributed by atoms with Crippen LogP contribution in [0.1, 0.15) is 12.5 Å². The van der Waals surface area contributed by atoms with Gasteiger partial charge in [-0.25, -0.2) is 0 Å². The van der Waals surface area contributed by atoms with E-state index in [1.807, 2.05) is 34.1 Å². The van der Waals surface area contributed by atoms with Gasteiger partial charge in [-0.1, -0.05) is 12.1 Å². The molecule has 1 aliphatic rings. The first-order chi connectivity index (χ1) is 10.5. The van der Waals surface area contributed by atoms with Crippen molar-refractivity contribution in [2.24, 2.45) is 5.73 Å². The van der Waals surface area contributed by atoms with Gasteiger partial charge in [-0.05, 0) is 24.6 Å². The molecule has 1 atom stereocenters. The first kappa shape index (κ1) is 16.3. The number of nitrogens with zero attached hydrogens (tertiary/aromatic N) is 2. The van der Waals surface area contributed by atoms with Crippen LogP contribution in [0.25, 0.3) is 0 Å². The highest BCUT2D eigenvalue weighted by molar-refractivity contribution is 5.80. The zero-order valence-electron chi connectivity index (χ0n) is 13.1. The second kappa shape index (κ2) is 7.26. The highest BCUT2D eigenvalue weighted by atomic mass is 16.5. The van der Waals surface area contributed by atoms with Crippen LogP contribution in [0, 0.1) is 0 Å². The Hall–Kier alpha value is -2.08. The third-order valence-electron chi connectivity index (χ3n) is 4.12. The van der Waals surface area contributed by atoms with E-state index in [-0.39, 0.29) is 17.9 Å². The largest absolute Gasteiger partial charge is 0.497 e. The van der Waals surface area contributed by atoms with Crippen LogP contribution in [0.4, 0.5) is 0 Å². The Bertz CT molecular complexity index is 539. The van der Waals surface area contributed by atoms with Crippen LogP contribution in [-0.2, 0) is 16.0 Å². The van der Waals surface area contributed by atoms with Crippen molar-refractivity contribution in [2.75, 3.05) is 33.3 Å². The Morgan fingerprint density at radius 3 is 2.55 bits per heavy atom. The van der Waals surface area contributed by atoms with Gasteiger partial charge in [0, 0.05) is 26.2 Å².